The lowest BCUT2D eigenvalue weighted by atomic mass is 9.71. The van der Waals surface area contributed by atoms with Gasteiger partial charge >= 0.3 is 0 Å². The first-order valence-electron chi connectivity index (χ1n) is 7.69. The van der Waals surface area contributed by atoms with E-state index in [0.29, 0.717) is 11.8 Å². The molecule has 21 heavy (non-hydrogen) atoms. The number of rotatable bonds is 5. The van der Waals surface area contributed by atoms with Gasteiger partial charge in [-0.05, 0) is 43.2 Å². The van der Waals surface area contributed by atoms with Crippen LogP contribution in [0.5, 0.6) is 5.75 Å². The Bertz CT molecular complexity index is 501. The fraction of sp³-hybridized carbons (Fsp3) is 0.588. The van der Waals surface area contributed by atoms with Crippen LogP contribution in [0.25, 0.3) is 0 Å². The number of carbonyl (C=O) groups is 1. The fourth-order valence-corrected chi connectivity index (χ4v) is 3.26. The number of primary amides is 1. The molecule has 0 heterocycles. The normalized spacial score (nSPS) is 25.6. The summed E-state index contributed by atoms with van der Waals surface area (Å²) in [4.78, 5) is 12.1. The minimum atomic E-state index is -0.639. The Balaban J connectivity index is 2.23. The molecule has 2 rings (SSSR count). The van der Waals surface area contributed by atoms with Gasteiger partial charge in [0.05, 0.1) is 7.11 Å². The third-order valence-corrected chi connectivity index (χ3v) is 4.66. The fourth-order valence-electron chi connectivity index (χ4n) is 3.26. The van der Waals surface area contributed by atoms with Crippen LogP contribution in [0.3, 0.4) is 0 Å². The van der Waals surface area contributed by atoms with Crippen molar-refractivity contribution in [2.45, 2.75) is 45.1 Å². The third-order valence-electron chi connectivity index (χ3n) is 4.66. The Morgan fingerprint density at radius 1 is 1.48 bits per heavy atom. The van der Waals surface area contributed by atoms with Gasteiger partial charge in [0.25, 0.3) is 0 Å². The monoisotopic (exact) mass is 290 g/mol. The topological polar surface area (TPSA) is 64.3 Å². The van der Waals surface area contributed by atoms with Gasteiger partial charge in [-0.1, -0.05) is 26.3 Å². The smallest absolute Gasteiger partial charge is 0.243 e. The zero-order chi connectivity index (χ0) is 15.5. The average Bonchev–Trinajstić information content (AvgIpc) is 2.47. The molecule has 0 spiro atoms. The van der Waals surface area contributed by atoms with Gasteiger partial charge in [-0.3, -0.25) is 4.79 Å². The Labute approximate surface area is 127 Å². The molecule has 0 saturated heterocycles. The molecule has 1 saturated carbocycles. The van der Waals surface area contributed by atoms with Crippen molar-refractivity contribution in [1.29, 1.82) is 0 Å². The van der Waals surface area contributed by atoms with Gasteiger partial charge in [0.1, 0.15) is 11.3 Å². The second-order valence-electron chi connectivity index (χ2n) is 6.40. The summed E-state index contributed by atoms with van der Waals surface area (Å²) in [6.07, 6.45) is 3.80. The minimum Gasteiger partial charge on any atom is -0.497 e. The zero-order valence-corrected chi connectivity index (χ0v) is 13.2. The van der Waals surface area contributed by atoms with Crippen LogP contribution < -0.4 is 15.8 Å². The molecule has 0 aromatic heterocycles. The van der Waals surface area contributed by atoms with E-state index in [1.807, 2.05) is 24.3 Å². The number of amides is 1. The Hall–Kier alpha value is -1.71. The van der Waals surface area contributed by atoms with E-state index in [4.69, 9.17) is 10.5 Å². The molecule has 0 bridgehead atoms. The van der Waals surface area contributed by atoms with E-state index in [0.717, 1.165) is 30.7 Å². The molecular formula is C17H26N2O2. The lowest BCUT2D eigenvalue weighted by molar-refractivity contribution is -0.124. The molecule has 1 aromatic carbocycles. The van der Waals surface area contributed by atoms with Crippen molar-refractivity contribution in [1.82, 2.24) is 0 Å². The highest BCUT2D eigenvalue weighted by Crippen LogP contribution is 2.38. The van der Waals surface area contributed by atoms with Crippen LogP contribution in [0, 0.1) is 11.8 Å². The molecule has 0 radical (unpaired) electrons. The van der Waals surface area contributed by atoms with Gasteiger partial charge in [-0.25, -0.2) is 0 Å². The van der Waals surface area contributed by atoms with E-state index in [1.54, 1.807) is 7.11 Å². The van der Waals surface area contributed by atoms with E-state index < -0.39 is 5.54 Å². The van der Waals surface area contributed by atoms with Crippen molar-refractivity contribution >= 4 is 11.6 Å². The van der Waals surface area contributed by atoms with Crippen LogP contribution in [0.1, 0.15) is 39.5 Å². The lowest BCUT2D eigenvalue weighted by Gasteiger charge is -2.41. The maximum absolute atomic E-state index is 12.1. The second kappa shape index (κ2) is 6.37. The van der Waals surface area contributed by atoms with Crippen molar-refractivity contribution in [2.75, 3.05) is 12.4 Å². The van der Waals surface area contributed by atoms with Crippen molar-refractivity contribution in [3.63, 3.8) is 0 Å². The first-order chi connectivity index (χ1) is 9.97. The van der Waals surface area contributed by atoms with Crippen LogP contribution >= 0.6 is 0 Å². The summed E-state index contributed by atoms with van der Waals surface area (Å²) in [6.45, 7) is 4.43. The van der Waals surface area contributed by atoms with Gasteiger partial charge in [0.15, 0.2) is 0 Å². The molecule has 1 amide bonds. The highest BCUT2D eigenvalue weighted by Gasteiger charge is 2.42. The Morgan fingerprint density at radius 2 is 2.24 bits per heavy atom. The molecule has 116 valence electrons. The minimum absolute atomic E-state index is 0.254. The molecule has 4 nitrogen and oxygen atoms in total. The van der Waals surface area contributed by atoms with E-state index in [9.17, 15) is 4.79 Å². The van der Waals surface area contributed by atoms with Crippen LogP contribution in [0.2, 0.25) is 0 Å². The Morgan fingerprint density at radius 3 is 2.86 bits per heavy atom. The van der Waals surface area contributed by atoms with E-state index in [-0.39, 0.29) is 5.91 Å². The number of anilines is 1. The quantitative estimate of drug-likeness (QED) is 0.875. The van der Waals surface area contributed by atoms with Crippen LogP contribution in [0.15, 0.2) is 24.3 Å². The van der Waals surface area contributed by atoms with Crippen LogP contribution in [-0.2, 0) is 4.79 Å². The van der Waals surface area contributed by atoms with Gasteiger partial charge in [0.2, 0.25) is 5.91 Å². The summed E-state index contributed by atoms with van der Waals surface area (Å²) in [7, 11) is 1.64. The average molecular weight is 290 g/mol. The summed E-state index contributed by atoms with van der Waals surface area (Å²) < 4.78 is 5.24. The molecule has 4 heteroatoms. The van der Waals surface area contributed by atoms with Crippen LogP contribution in [-0.4, -0.2) is 18.6 Å². The number of nitrogens with one attached hydrogen (secondary N) is 1. The van der Waals surface area contributed by atoms with Crippen molar-refractivity contribution in [3.8, 4) is 5.75 Å². The van der Waals surface area contributed by atoms with Gasteiger partial charge in [0, 0.05) is 11.8 Å². The number of benzene rings is 1. The summed E-state index contributed by atoms with van der Waals surface area (Å²) in [5.74, 6) is 1.62. The molecule has 1 aromatic rings. The number of nitrogens with two attached hydrogens (primary N) is 1. The molecule has 1 fully saturated rings. The first kappa shape index (κ1) is 15.7. The van der Waals surface area contributed by atoms with E-state index in [1.165, 1.54) is 6.42 Å². The second-order valence-corrected chi connectivity index (χ2v) is 6.40. The maximum Gasteiger partial charge on any atom is 0.243 e. The van der Waals surface area contributed by atoms with Crippen LogP contribution in [0.4, 0.5) is 5.69 Å². The summed E-state index contributed by atoms with van der Waals surface area (Å²) in [5, 5.41) is 3.40. The van der Waals surface area contributed by atoms with Gasteiger partial charge in [-0.2, -0.15) is 0 Å². The van der Waals surface area contributed by atoms with E-state index in [2.05, 4.69) is 19.2 Å². The molecule has 1 aliphatic rings. The SMILES string of the molecule is COc1cccc(NC2(C(N)=O)CCCC(C(C)C)C2)c1. The zero-order valence-electron chi connectivity index (χ0n) is 13.2. The summed E-state index contributed by atoms with van der Waals surface area (Å²) in [6, 6.07) is 7.66. The molecule has 1 aliphatic carbocycles. The highest BCUT2D eigenvalue weighted by molar-refractivity contribution is 5.88. The number of carbonyl (C=O) groups excluding carboxylic acids is 1. The molecule has 0 aliphatic heterocycles. The predicted molar refractivity (Wildman–Crippen MR) is 85.3 cm³/mol. The number of ether oxygens (including phenoxy) is 1. The van der Waals surface area contributed by atoms with Gasteiger partial charge in [-0.15, -0.1) is 0 Å². The molecule has 2 atom stereocenters. The molecular weight excluding hydrogens is 264 g/mol. The Kier molecular flexibility index (Phi) is 4.76. The lowest BCUT2D eigenvalue weighted by Crippen LogP contribution is -2.53. The predicted octanol–water partition coefficient (Wildman–Crippen LogP) is 3.18. The van der Waals surface area contributed by atoms with Crippen molar-refractivity contribution in [2.24, 2.45) is 17.6 Å². The van der Waals surface area contributed by atoms with Gasteiger partial charge < -0.3 is 15.8 Å². The summed E-state index contributed by atoms with van der Waals surface area (Å²) in [5.41, 5.74) is 6.00. The number of hydrogen-bond acceptors (Lipinski definition) is 3. The van der Waals surface area contributed by atoms with Crippen molar-refractivity contribution in [3.05, 3.63) is 24.3 Å². The van der Waals surface area contributed by atoms with Crippen molar-refractivity contribution < 1.29 is 9.53 Å². The molecule has 3 N–H and O–H groups in total. The highest BCUT2D eigenvalue weighted by atomic mass is 16.5. The van der Waals surface area contributed by atoms with E-state index >= 15 is 0 Å². The standard InChI is InChI=1S/C17H26N2O2/c1-12(2)13-6-5-9-17(11-13,16(18)20)19-14-7-4-8-15(10-14)21-3/h4,7-8,10,12-13,19H,5-6,9,11H2,1-3H3,(H2,18,20). The maximum atomic E-state index is 12.1. The molecule has 2 unspecified atom stereocenters. The number of hydrogen-bond donors (Lipinski definition) is 2. The number of methoxy groups -OCH3 is 1. The summed E-state index contributed by atoms with van der Waals surface area (Å²) >= 11 is 0. The third kappa shape index (κ3) is 3.49. The first-order valence-corrected chi connectivity index (χ1v) is 7.69. The largest absolute Gasteiger partial charge is 0.497 e.